The molecule has 6 rings (SSSR count). The second kappa shape index (κ2) is 17.6. The Bertz CT molecular complexity index is 2040. The molecule has 2 amide bonds. The summed E-state index contributed by atoms with van der Waals surface area (Å²) in [5.41, 5.74) is 3.81. The molecule has 4 aromatic carbocycles. The number of ether oxygens (including phenoxy) is 1. The van der Waals surface area contributed by atoms with Gasteiger partial charge in [-0.25, -0.2) is 0 Å². The summed E-state index contributed by atoms with van der Waals surface area (Å²) in [7, 11) is -1.52. The fourth-order valence-corrected chi connectivity index (χ4v) is 13.9. The van der Waals surface area contributed by atoms with E-state index < -0.39 is 38.8 Å². The molecule has 56 heavy (non-hydrogen) atoms. The summed E-state index contributed by atoms with van der Waals surface area (Å²) in [5.74, 6) is -2.47. The Morgan fingerprint density at radius 2 is 1.54 bits per heavy atom. The summed E-state index contributed by atoms with van der Waals surface area (Å²) in [4.78, 5) is 29.8. The topological polar surface area (TPSA) is 117 Å². The summed E-state index contributed by atoms with van der Waals surface area (Å²) >= 11 is 2.08. The molecule has 10 heteroatoms. The number of halogens is 1. The van der Waals surface area contributed by atoms with E-state index in [4.69, 9.17) is 9.16 Å². The van der Waals surface area contributed by atoms with Gasteiger partial charge in [0.15, 0.2) is 11.5 Å². The number of carbonyl (C=O) groups is 2. The molecule has 0 radical (unpaired) electrons. The standard InChI is InChI=1S/C46H52INO7Si/c1-6-30(24-31-25-38(47)43(51)40(26-31)54-5)22-23-39(50)41-32(27-36-42(37(41)28-49)45(53)48(44(36)52)33-16-10-7-11-17-33)29-55-56(46(2,3)4,34-18-12-8-13-19-34)35-20-14-9-15-21-35/h7-21,24-26,36-37,39,42,49-51H,6,22-23,27-29H2,1-5H3/b30-24+/t36-,37+,39-,42-/m1/s1. The minimum absolute atomic E-state index is 0.0925. The normalized spacial score (nSPS) is 19.7. The lowest BCUT2D eigenvalue weighted by Crippen LogP contribution is -2.66. The maximum atomic E-state index is 14.3. The van der Waals surface area contributed by atoms with Gasteiger partial charge in [-0.2, -0.15) is 0 Å². The number of rotatable bonds is 14. The van der Waals surface area contributed by atoms with Crippen LogP contribution in [0.2, 0.25) is 5.04 Å². The van der Waals surface area contributed by atoms with Crippen molar-refractivity contribution in [2.24, 2.45) is 17.8 Å². The maximum absolute atomic E-state index is 14.3. The van der Waals surface area contributed by atoms with Crippen molar-refractivity contribution in [3.05, 3.63) is 129 Å². The average Bonchev–Trinajstić information content (AvgIpc) is 3.45. The van der Waals surface area contributed by atoms with Gasteiger partial charge < -0.3 is 24.5 Å². The van der Waals surface area contributed by atoms with Gasteiger partial charge in [-0.1, -0.05) is 118 Å². The van der Waals surface area contributed by atoms with E-state index in [-0.39, 0.29) is 35.6 Å². The molecule has 1 heterocycles. The zero-order valence-corrected chi connectivity index (χ0v) is 35.9. The van der Waals surface area contributed by atoms with Gasteiger partial charge in [-0.05, 0) is 105 Å². The van der Waals surface area contributed by atoms with Crippen molar-refractivity contribution in [1.82, 2.24) is 0 Å². The third-order valence-corrected chi connectivity index (χ3v) is 17.3. The number of para-hydroxylation sites is 1. The Kier molecular flexibility index (Phi) is 13.1. The second-order valence-electron chi connectivity index (χ2n) is 15.7. The van der Waals surface area contributed by atoms with Gasteiger partial charge in [-0.3, -0.25) is 14.5 Å². The summed E-state index contributed by atoms with van der Waals surface area (Å²) in [6.07, 6.45) is 2.88. The molecule has 3 N–H and O–H groups in total. The smallest absolute Gasteiger partial charge is 0.261 e. The van der Waals surface area contributed by atoms with Crippen molar-refractivity contribution < 1.29 is 34.1 Å². The maximum Gasteiger partial charge on any atom is 0.261 e. The zero-order valence-electron chi connectivity index (χ0n) is 32.7. The SMILES string of the molecule is CC/C(=C\c1cc(I)c(O)c(OC)c1)CC[C@@H](O)C1=C(CO[Si](c2ccccc2)(c2ccccc2)C(C)(C)C)C[C@H]2C(=O)N(c3ccccc3)C(=O)[C@H]2[C@H]1CO. The predicted molar refractivity (Wildman–Crippen MR) is 233 cm³/mol. The van der Waals surface area contributed by atoms with Crippen molar-refractivity contribution >= 4 is 64.9 Å². The number of hydrogen-bond donors (Lipinski definition) is 3. The fraction of sp³-hybridized carbons (Fsp3) is 0.348. The zero-order chi connectivity index (χ0) is 40.2. The van der Waals surface area contributed by atoms with Crippen molar-refractivity contribution in [2.75, 3.05) is 25.2 Å². The van der Waals surface area contributed by atoms with Crippen molar-refractivity contribution in [3.8, 4) is 11.5 Å². The third kappa shape index (κ3) is 8.04. The summed E-state index contributed by atoms with van der Waals surface area (Å²) in [6, 6.07) is 33.3. The molecule has 8 nitrogen and oxygen atoms in total. The van der Waals surface area contributed by atoms with E-state index in [0.717, 1.165) is 33.5 Å². The lowest BCUT2D eigenvalue weighted by atomic mass is 9.68. The highest BCUT2D eigenvalue weighted by Gasteiger charge is 2.56. The number of aliphatic hydroxyl groups excluding tert-OH is 2. The number of allylic oxidation sites excluding steroid dienone is 1. The molecule has 0 saturated carbocycles. The number of methoxy groups -OCH3 is 1. The van der Waals surface area contributed by atoms with Crippen LogP contribution in [0.15, 0.2) is 120 Å². The van der Waals surface area contributed by atoms with Gasteiger partial charge in [0, 0.05) is 5.92 Å². The monoisotopic (exact) mass is 885 g/mol. The van der Waals surface area contributed by atoms with Crippen LogP contribution in [-0.4, -0.2) is 61.9 Å². The Labute approximate surface area is 345 Å². The molecule has 0 aromatic heterocycles. The quantitative estimate of drug-likeness (QED) is 0.0517. The van der Waals surface area contributed by atoms with E-state index in [0.29, 0.717) is 33.4 Å². The number of nitrogens with zero attached hydrogens (tertiary/aromatic N) is 1. The van der Waals surface area contributed by atoms with Gasteiger partial charge in [0.05, 0.1) is 47.5 Å². The first-order valence-corrected chi connectivity index (χ1v) is 22.3. The van der Waals surface area contributed by atoms with Crippen molar-refractivity contribution in [1.29, 1.82) is 0 Å². The van der Waals surface area contributed by atoms with Crippen molar-refractivity contribution in [3.63, 3.8) is 0 Å². The first-order chi connectivity index (χ1) is 26.9. The minimum atomic E-state index is -3.04. The largest absolute Gasteiger partial charge is 0.504 e. The number of aromatic hydroxyl groups is 1. The molecule has 0 spiro atoms. The second-order valence-corrected chi connectivity index (χ2v) is 21.2. The number of carbonyl (C=O) groups excluding carboxylic acids is 2. The van der Waals surface area contributed by atoms with Crippen LogP contribution < -0.4 is 20.0 Å². The number of fused-ring (bicyclic) bond motifs is 1. The summed E-state index contributed by atoms with van der Waals surface area (Å²) in [6.45, 7) is 8.41. The highest BCUT2D eigenvalue weighted by atomic mass is 127. The van der Waals surface area contributed by atoms with E-state index in [1.165, 1.54) is 12.0 Å². The Morgan fingerprint density at radius 3 is 2.07 bits per heavy atom. The van der Waals surface area contributed by atoms with Crippen LogP contribution in [-0.2, 0) is 14.0 Å². The molecule has 4 atom stereocenters. The third-order valence-electron chi connectivity index (χ3n) is 11.5. The molecule has 2 aliphatic rings. The van der Waals surface area contributed by atoms with Crippen LogP contribution >= 0.6 is 22.6 Å². The van der Waals surface area contributed by atoms with Crippen LogP contribution in [0.3, 0.4) is 0 Å². The highest BCUT2D eigenvalue weighted by Crippen LogP contribution is 2.48. The number of phenols is 1. The molecule has 4 aromatic rings. The molecular weight excluding hydrogens is 833 g/mol. The first-order valence-electron chi connectivity index (χ1n) is 19.3. The number of benzene rings is 4. The lowest BCUT2D eigenvalue weighted by molar-refractivity contribution is -0.123. The Hall–Kier alpha value is -4.07. The molecule has 1 saturated heterocycles. The van der Waals surface area contributed by atoms with Crippen LogP contribution in [0, 0.1) is 21.3 Å². The lowest BCUT2D eigenvalue weighted by Gasteiger charge is -2.44. The number of amides is 2. The van der Waals surface area contributed by atoms with Crippen LogP contribution in [0.5, 0.6) is 11.5 Å². The van der Waals surface area contributed by atoms with Crippen LogP contribution in [0.4, 0.5) is 5.69 Å². The van der Waals surface area contributed by atoms with Gasteiger partial charge in [0.1, 0.15) is 0 Å². The Morgan fingerprint density at radius 1 is 0.946 bits per heavy atom. The van der Waals surface area contributed by atoms with E-state index >= 15 is 0 Å². The van der Waals surface area contributed by atoms with Gasteiger partial charge in [0.2, 0.25) is 11.8 Å². The number of phenolic OH excluding ortho intramolecular Hbond substituents is 1. The molecule has 0 unspecified atom stereocenters. The number of hydrogen-bond acceptors (Lipinski definition) is 7. The van der Waals surface area contributed by atoms with Gasteiger partial charge in [-0.15, -0.1) is 0 Å². The minimum Gasteiger partial charge on any atom is -0.504 e. The predicted octanol–water partition coefficient (Wildman–Crippen LogP) is 7.63. The highest BCUT2D eigenvalue weighted by molar-refractivity contribution is 14.1. The van der Waals surface area contributed by atoms with E-state index in [2.05, 4.69) is 80.6 Å². The van der Waals surface area contributed by atoms with Crippen LogP contribution in [0.1, 0.15) is 58.9 Å². The molecule has 1 aliphatic carbocycles. The molecule has 1 aliphatic heterocycles. The number of aliphatic hydroxyl groups is 2. The fourth-order valence-electron chi connectivity index (χ4n) is 8.78. The molecule has 294 valence electrons. The Balaban J connectivity index is 1.42. The molecule has 0 bridgehead atoms. The number of anilines is 1. The summed E-state index contributed by atoms with van der Waals surface area (Å²) < 4.78 is 13.5. The average molecular weight is 886 g/mol. The van der Waals surface area contributed by atoms with Gasteiger partial charge in [0.25, 0.3) is 8.32 Å². The van der Waals surface area contributed by atoms with E-state index in [1.807, 2.05) is 48.5 Å². The first kappa shape index (κ1) is 41.6. The number of imide groups is 1. The van der Waals surface area contributed by atoms with Crippen molar-refractivity contribution in [2.45, 2.75) is 64.5 Å². The molecule has 1 fully saturated rings. The molecular formula is C46H52INO7Si. The van der Waals surface area contributed by atoms with Gasteiger partial charge >= 0.3 is 0 Å². The van der Waals surface area contributed by atoms with E-state index in [1.54, 1.807) is 30.3 Å². The van der Waals surface area contributed by atoms with E-state index in [9.17, 15) is 24.9 Å². The van der Waals surface area contributed by atoms with Crippen LogP contribution in [0.25, 0.3) is 6.08 Å². The summed E-state index contributed by atoms with van der Waals surface area (Å²) in [5, 5.41) is 35.7.